The molecule has 0 aliphatic carbocycles. The van der Waals surface area contributed by atoms with E-state index < -0.39 is 0 Å². The third-order valence-corrected chi connectivity index (χ3v) is 3.49. The molecule has 3 rings (SSSR count). The molecule has 22 heavy (non-hydrogen) atoms. The molecule has 0 spiro atoms. The fourth-order valence-electron chi connectivity index (χ4n) is 2.23. The Labute approximate surface area is 130 Å². The SMILES string of the molecule is CCc1ccc(OCc2cn(Cc3ccccc3)nn2)cc1. The number of ether oxygens (including phenoxy) is 1. The zero-order valence-electron chi connectivity index (χ0n) is 12.6. The maximum atomic E-state index is 5.74. The van der Waals surface area contributed by atoms with Crippen molar-refractivity contribution in [3.05, 3.63) is 77.6 Å². The van der Waals surface area contributed by atoms with E-state index in [2.05, 4.69) is 41.5 Å². The molecular formula is C18H19N3O. The molecular weight excluding hydrogens is 274 g/mol. The summed E-state index contributed by atoms with van der Waals surface area (Å²) in [6.45, 7) is 3.29. The van der Waals surface area contributed by atoms with Gasteiger partial charge in [-0.2, -0.15) is 0 Å². The topological polar surface area (TPSA) is 39.9 Å². The van der Waals surface area contributed by atoms with Gasteiger partial charge in [0.1, 0.15) is 18.1 Å². The minimum Gasteiger partial charge on any atom is -0.487 e. The molecule has 0 unspecified atom stereocenters. The van der Waals surface area contributed by atoms with E-state index >= 15 is 0 Å². The maximum Gasteiger partial charge on any atom is 0.134 e. The summed E-state index contributed by atoms with van der Waals surface area (Å²) in [5, 5.41) is 8.29. The molecule has 0 atom stereocenters. The highest BCUT2D eigenvalue weighted by atomic mass is 16.5. The third kappa shape index (κ3) is 3.73. The lowest BCUT2D eigenvalue weighted by atomic mass is 10.2. The Bertz CT molecular complexity index is 705. The standard InChI is InChI=1S/C18H19N3O/c1-2-15-8-10-18(11-9-15)22-14-17-13-21(20-19-17)12-16-6-4-3-5-7-16/h3-11,13H,2,12,14H2,1H3. The van der Waals surface area contributed by atoms with Gasteiger partial charge < -0.3 is 4.74 Å². The Morgan fingerprint density at radius 1 is 0.955 bits per heavy atom. The summed E-state index contributed by atoms with van der Waals surface area (Å²) in [4.78, 5) is 0. The van der Waals surface area contributed by atoms with Crippen LogP contribution in [0.5, 0.6) is 5.75 Å². The van der Waals surface area contributed by atoms with Crippen LogP contribution in [0.2, 0.25) is 0 Å². The van der Waals surface area contributed by atoms with Gasteiger partial charge in [-0.25, -0.2) is 4.68 Å². The lowest BCUT2D eigenvalue weighted by molar-refractivity contribution is 0.301. The van der Waals surface area contributed by atoms with Gasteiger partial charge in [0.2, 0.25) is 0 Å². The number of aryl methyl sites for hydroxylation is 1. The summed E-state index contributed by atoms with van der Waals surface area (Å²) in [7, 11) is 0. The van der Waals surface area contributed by atoms with Gasteiger partial charge in [0.05, 0.1) is 12.7 Å². The second kappa shape index (κ2) is 6.89. The van der Waals surface area contributed by atoms with Crippen molar-refractivity contribution in [3.8, 4) is 5.75 Å². The van der Waals surface area contributed by atoms with E-state index in [-0.39, 0.29) is 0 Å². The van der Waals surface area contributed by atoms with Gasteiger partial charge in [0.25, 0.3) is 0 Å². The van der Waals surface area contributed by atoms with Crippen LogP contribution in [0.25, 0.3) is 0 Å². The molecule has 0 saturated heterocycles. The molecule has 0 fully saturated rings. The van der Waals surface area contributed by atoms with Crippen molar-refractivity contribution in [3.63, 3.8) is 0 Å². The zero-order valence-corrected chi connectivity index (χ0v) is 12.6. The summed E-state index contributed by atoms with van der Waals surface area (Å²) in [5.74, 6) is 0.856. The molecule has 0 aliphatic heterocycles. The summed E-state index contributed by atoms with van der Waals surface area (Å²) in [5.41, 5.74) is 3.34. The summed E-state index contributed by atoms with van der Waals surface area (Å²) < 4.78 is 7.57. The maximum absolute atomic E-state index is 5.74. The van der Waals surface area contributed by atoms with E-state index in [1.165, 1.54) is 11.1 Å². The summed E-state index contributed by atoms with van der Waals surface area (Å²) in [6, 6.07) is 18.4. The highest BCUT2D eigenvalue weighted by Gasteiger charge is 2.03. The number of hydrogen-bond acceptors (Lipinski definition) is 3. The molecule has 0 saturated carbocycles. The van der Waals surface area contributed by atoms with Crippen LogP contribution < -0.4 is 4.74 Å². The van der Waals surface area contributed by atoms with Crippen molar-refractivity contribution in [1.29, 1.82) is 0 Å². The second-order valence-corrected chi connectivity index (χ2v) is 5.18. The van der Waals surface area contributed by atoms with Crippen LogP contribution >= 0.6 is 0 Å². The van der Waals surface area contributed by atoms with Crippen molar-refractivity contribution < 1.29 is 4.74 Å². The van der Waals surface area contributed by atoms with Gasteiger partial charge in [-0.3, -0.25) is 0 Å². The van der Waals surface area contributed by atoms with Crippen molar-refractivity contribution in [1.82, 2.24) is 15.0 Å². The Morgan fingerprint density at radius 2 is 1.73 bits per heavy atom. The highest BCUT2D eigenvalue weighted by Crippen LogP contribution is 2.14. The first-order chi connectivity index (χ1) is 10.8. The first-order valence-corrected chi connectivity index (χ1v) is 7.48. The number of aromatic nitrogens is 3. The number of rotatable bonds is 6. The van der Waals surface area contributed by atoms with Gasteiger partial charge in [-0.05, 0) is 29.7 Å². The van der Waals surface area contributed by atoms with E-state index in [1.807, 2.05) is 41.2 Å². The molecule has 0 amide bonds. The predicted octanol–water partition coefficient (Wildman–Crippen LogP) is 3.47. The van der Waals surface area contributed by atoms with Crippen LogP contribution in [0.3, 0.4) is 0 Å². The molecule has 0 aliphatic rings. The number of nitrogens with zero attached hydrogens (tertiary/aromatic N) is 3. The highest BCUT2D eigenvalue weighted by molar-refractivity contribution is 5.27. The molecule has 3 aromatic rings. The Morgan fingerprint density at radius 3 is 2.45 bits per heavy atom. The Hall–Kier alpha value is -2.62. The predicted molar refractivity (Wildman–Crippen MR) is 85.7 cm³/mol. The molecule has 1 aromatic heterocycles. The van der Waals surface area contributed by atoms with Gasteiger partial charge in [0.15, 0.2) is 0 Å². The molecule has 2 aromatic carbocycles. The molecule has 4 nitrogen and oxygen atoms in total. The van der Waals surface area contributed by atoms with Gasteiger partial charge >= 0.3 is 0 Å². The third-order valence-electron chi connectivity index (χ3n) is 3.49. The van der Waals surface area contributed by atoms with Crippen molar-refractivity contribution in [2.45, 2.75) is 26.5 Å². The largest absolute Gasteiger partial charge is 0.487 e. The molecule has 0 N–H and O–H groups in total. The quantitative estimate of drug-likeness (QED) is 0.698. The monoisotopic (exact) mass is 293 g/mol. The smallest absolute Gasteiger partial charge is 0.134 e. The molecule has 112 valence electrons. The van der Waals surface area contributed by atoms with Gasteiger partial charge in [-0.15, -0.1) is 5.10 Å². The van der Waals surface area contributed by atoms with Crippen LogP contribution in [-0.2, 0) is 19.6 Å². The number of hydrogen-bond donors (Lipinski definition) is 0. The second-order valence-electron chi connectivity index (χ2n) is 5.18. The van der Waals surface area contributed by atoms with E-state index in [0.717, 1.165) is 24.4 Å². The van der Waals surface area contributed by atoms with Crippen LogP contribution in [0.1, 0.15) is 23.7 Å². The molecule has 4 heteroatoms. The normalized spacial score (nSPS) is 10.6. The summed E-state index contributed by atoms with van der Waals surface area (Å²) in [6.07, 6.45) is 2.96. The van der Waals surface area contributed by atoms with E-state index in [4.69, 9.17) is 4.74 Å². The average Bonchev–Trinajstić information content (AvgIpc) is 3.02. The van der Waals surface area contributed by atoms with E-state index in [1.54, 1.807) is 0 Å². The molecule has 1 heterocycles. The first kappa shape index (κ1) is 14.3. The number of benzene rings is 2. The van der Waals surface area contributed by atoms with Crippen molar-refractivity contribution in [2.24, 2.45) is 0 Å². The summed E-state index contributed by atoms with van der Waals surface area (Å²) >= 11 is 0. The minimum absolute atomic E-state index is 0.431. The lowest BCUT2D eigenvalue weighted by Gasteiger charge is -2.04. The molecule has 0 radical (unpaired) electrons. The van der Waals surface area contributed by atoms with Crippen LogP contribution in [0, 0.1) is 0 Å². The molecule has 0 bridgehead atoms. The van der Waals surface area contributed by atoms with Gasteiger partial charge in [0, 0.05) is 0 Å². The fraction of sp³-hybridized carbons (Fsp3) is 0.222. The van der Waals surface area contributed by atoms with Gasteiger partial charge in [-0.1, -0.05) is 54.6 Å². The Kier molecular flexibility index (Phi) is 4.49. The minimum atomic E-state index is 0.431. The van der Waals surface area contributed by atoms with Crippen LogP contribution in [-0.4, -0.2) is 15.0 Å². The van der Waals surface area contributed by atoms with Crippen LogP contribution in [0.4, 0.5) is 0 Å². The first-order valence-electron chi connectivity index (χ1n) is 7.48. The average molecular weight is 293 g/mol. The fourth-order valence-corrected chi connectivity index (χ4v) is 2.23. The van der Waals surface area contributed by atoms with Crippen molar-refractivity contribution in [2.75, 3.05) is 0 Å². The Balaban J connectivity index is 1.57. The zero-order chi connectivity index (χ0) is 15.2. The van der Waals surface area contributed by atoms with Crippen molar-refractivity contribution >= 4 is 0 Å². The van der Waals surface area contributed by atoms with Crippen LogP contribution in [0.15, 0.2) is 60.8 Å². The van der Waals surface area contributed by atoms with E-state index in [0.29, 0.717) is 6.61 Å². The lowest BCUT2D eigenvalue weighted by Crippen LogP contribution is -2.00. The van der Waals surface area contributed by atoms with E-state index in [9.17, 15) is 0 Å².